The Morgan fingerprint density at radius 1 is 1.17 bits per heavy atom. The van der Waals surface area contributed by atoms with Gasteiger partial charge in [0, 0.05) is 5.92 Å². The van der Waals surface area contributed by atoms with Crippen LogP contribution in [0.2, 0.25) is 0 Å². The summed E-state index contributed by atoms with van der Waals surface area (Å²) < 4.78 is 5.45. The summed E-state index contributed by atoms with van der Waals surface area (Å²) in [6.07, 6.45) is 2.70. The number of hydrogen-bond acceptors (Lipinski definition) is 5. The van der Waals surface area contributed by atoms with Crippen LogP contribution in [0.25, 0.3) is 11.1 Å². The second-order valence-corrected chi connectivity index (χ2v) is 7.41. The van der Waals surface area contributed by atoms with E-state index in [0.29, 0.717) is 5.16 Å². The topological polar surface area (TPSA) is 84.1 Å². The lowest BCUT2D eigenvalue weighted by atomic mass is 9.98. The summed E-state index contributed by atoms with van der Waals surface area (Å²) >= 11 is 1.34. The number of aromatic amines is 1. The highest BCUT2D eigenvalue weighted by Crippen LogP contribution is 2.44. The normalized spacial score (nSPS) is 11.8. The Balaban J connectivity index is 1.35. The van der Waals surface area contributed by atoms with Gasteiger partial charge in [0.05, 0.1) is 12.7 Å². The van der Waals surface area contributed by atoms with Gasteiger partial charge in [-0.15, -0.1) is 0 Å². The minimum absolute atomic E-state index is 0.00816. The smallest absolute Gasteiger partial charge is 0.407 e. The third-order valence-electron chi connectivity index (χ3n) is 4.86. The van der Waals surface area contributed by atoms with Gasteiger partial charge in [0.15, 0.2) is 5.16 Å². The number of fused-ring (bicyclic) bond motifs is 3. The zero-order chi connectivity index (χ0) is 20.9. The second kappa shape index (κ2) is 8.89. The molecule has 1 heterocycles. The van der Waals surface area contributed by atoms with E-state index in [4.69, 9.17) is 4.74 Å². The number of H-pyrrole nitrogens is 1. The van der Waals surface area contributed by atoms with Crippen LogP contribution in [0, 0.1) is 11.8 Å². The molecule has 1 amide bonds. The van der Waals surface area contributed by atoms with Crippen LogP contribution in [-0.4, -0.2) is 35.5 Å². The Labute approximate surface area is 178 Å². The first-order chi connectivity index (χ1) is 14.7. The summed E-state index contributed by atoms with van der Waals surface area (Å²) in [6, 6.07) is 16.3. The van der Waals surface area contributed by atoms with Crippen LogP contribution in [-0.2, 0) is 4.74 Å². The van der Waals surface area contributed by atoms with E-state index in [2.05, 4.69) is 51.4 Å². The highest BCUT2D eigenvalue weighted by molar-refractivity contribution is 7.98. The average molecular weight is 417 g/mol. The van der Waals surface area contributed by atoms with Crippen molar-refractivity contribution in [2.45, 2.75) is 11.1 Å². The SMILES string of the molecule is CSc1ncc(C#CCNC(=O)OCC2c3ccccc3-c3ccccc32)c(=O)[nH]1. The number of alkyl carbamates (subject to hydrolysis) is 1. The van der Waals surface area contributed by atoms with Crippen LogP contribution >= 0.6 is 11.8 Å². The summed E-state index contributed by atoms with van der Waals surface area (Å²) in [7, 11) is 0. The molecule has 2 aromatic carbocycles. The maximum Gasteiger partial charge on any atom is 0.407 e. The van der Waals surface area contributed by atoms with Gasteiger partial charge in [-0.2, -0.15) is 0 Å². The number of nitrogens with one attached hydrogen (secondary N) is 2. The monoisotopic (exact) mass is 417 g/mol. The van der Waals surface area contributed by atoms with E-state index in [1.54, 1.807) is 0 Å². The lowest BCUT2D eigenvalue weighted by Gasteiger charge is -2.14. The van der Waals surface area contributed by atoms with Gasteiger partial charge in [-0.1, -0.05) is 72.1 Å². The van der Waals surface area contributed by atoms with Crippen LogP contribution in [0.4, 0.5) is 4.79 Å². The van der Waals surface area contributed by atoms with Gasteiger partial charge in [0.1, 0.15) is 12.2 Å². The third-order valence-corrected chi connectivity index (χ3v) is 5.45. The summed E-state index contributed by atoms with van der Waals surface area (Å²) in [4.78, 5) is 30.7. The zero-order valence-corrected chi connectivity index (χ0v) is 17.1. The fraction of sp³-hybridized carbons (Fsp3) is 0.174. The summed E-state index contributed by atoms with van der Waals surface area (Å²) in [5.41, 5.74) is 4.63. The molecule has 0 spiro atoms. The molecular weight excluding hydrogens is 398 g/mol. The first kappa shape index (κ1) is 19.8. The zero-order valence-electron chi connectivity index (χ0n) is 16.3. The first-order valence-electron chi connectivity index (χ1n) is 9.38. The number of hydrogen-bond donors (Lipinski definition) is 2. The van der Waals surface area contributed by atoms with Gasteiger partial charge in [-0.05, 0) is 28.5 Å². The molecule has 30 heavy (non-hydrogen) atoms. The maximum absolute atomic E-state index is 12.1. The fourth-order valence-electron chi connectivity index (χ4n) is 3.48. The number of rotatable bonds is 4. The van der Waals surface area contributed by atoms with E-state index >= 15 is 0 Å². The molecule has 3 aromatic rings. The molecule has 0 atom stereocenters. The molecule has 1 aliphatic carbocycles. The number of carbonyl (C=O) groups excluding carboxylic acids is 1. The number of thioether (sulfide) groups is 1. The van der Waals surface area contributed by atoms with Crippen molar-refractivity contribution in [1.29, 1.82) is 0 Å². The summed E-state index contributed by atoms with van der Waals surface area (Å²) in [5, 5.41) is 3.13. The van der Waals surface area contributed by atoms with Crippen LogP contribution < -0.4 is 10.9 Å². The number of nitrogens with zero attached hydrogens (tertiary/aromatic N) is 1. The van der Waals surface area contributed by atoms with E-state index in [9.17, 15) is 9.59 Å². The molecule has 0 radical (unpaired) electrons. The molecule has 1 aliphatic rings. The molecule has 7 heteroatoms. The molecule has 2 N–H and O–H groups in total. The lowest BCUT2D eigenvalue weighted by molar-refractivity contribution is 0.144. The van der Waals surface area contributed by atoms with E-state index < -0.39 is 6.09 Å². The second-order valence-electron chi connectivity index (χ2n) is 6.62. The number of ether oxygens (including phenoxy) is 1. The van der Waals surface area contributed by atoms with Crippen molar-refractivity contribution in [2.24, 2.45) is 0 Å². The highest BCUT2D eigenvalue weighted by atomic mass is 32.2. The number of benzene rings is 2. The van der Waals surface area contributed by atoms with Gasteiger partial charge in [-0.3, -0.25) is 4.79 Å². The molecule has 0 saturated carbocycles. The molecule has 6 nitrogen and oxygen atoms in total. The van der Waals surface area contributed by atoms with Crippen LogP contribution in [0.5, 0.6) is 0 Å². The Morgan fingerprint density at radius 2 is 1.83 bits per heavy atom. The highest BCUT2D eigenvalue weighted by Gasteiger charge is 2.28. The summed E-state index contributed by atoms with van der Waals surface area (Å²) in [6.45, 7) is 0.313. The van der Waals surface area contributed by atoms with Crippen molar-refractivity contribution in [3.05, 3.63) is 81.8 Å². The standard InChI is InChI=1S/C23H19N3O3S/c1-30-22-25-13-15(21(27)26-22)7-6-12-24-23(28)29-14-20-18-10-4-2-8-16(18)17-9-3-5-11-19(17)20/h2-5,8-11,13,20H,12,14H2,1H3,(H,24,28)(H,25,26,27). The van der Waals surface area contributed by atoms with Gasteiger partial charge < -0.3 is 15.0 Å². The number of amides is 1. The van der Waals surface area contributed by atoms with Crippen LogP contribution in [0.1, 0.15) is 22.6 Å². The van der Waals surface area contributed by atoms with Gasteiger partial charge >= 0.3 is 6.09 Å². The Kier molecular flexibility index (Phi) is 5.87. The first-order valence-corrected chi connectivity index (χ1v) is 10.6. The lowest BCUT2D eigenvalue weighted by Crippen LogP contribution is -2.26. The average Bonchev–Trinajstić information content (AvgIpc) is 3.10. The quantitative estimate of drug-likeness (QED) is 0.386. The van der Waals surface area contributed by atoms with Crippen molar-refractivity contribution in [3.63, 3.8) is 0 Å². The Morgan fingerprint density at radius 3 is 2.47 bits per heavy atom. The van der Waals surface area contributed by atoms with E-state index in [0.717, 1.165) is 11.1 Å². The third kappa shape index (κ3) is 4.09. The summed E-state index contributed by atoms with van der Waals surface area (Å²) in [5.74, 6) is 5.46. The van der Waals surface area contributed by atoms with Crippen LogP contribution in [0.3, 0.4) is 0 Å². The number of aromatic nitrogens is 2. The van der Waals surface area contributed by atoms with Crippen molar-refractivity contribution in [3.8, 4) is 23.0 Å². The predicted molar refractivity (Wildman–Crippen MR) is 117 cm³/mol. The van der Waals surface area contributed by atoms with Gasteiger partial charge in [0.25, 0.3) is 5.56 Å². The molecule has 0 unspecified atom stereocenters. The van der Waals surface area contributed by atoms with Gasteiger partial charge in [-0.25, -0.2) is 9.78 Å². The molecule has 4 rings (SSSR count). The molecule has 0 saturated heterocycles. The molecular formula is C23H19N3O3S. The molecule has 150 valence electrons. The molecule has 1 aromatic heterocycles. The van der Waals surface area contributed by atoms with Crippen molar-refractivity contribution >= 4 is 17.9 Å². The Hall–Kier alpha value is -3.50. The minimum Gasteiger partial charge on any atom is -0.449 e. The minimum atomic E-state index is -0.545. The van der Waals surface area contributed by atoms with Crippen molar-refractivity contribution in [1.82, 2.24) is 15.3 Å². The maximum atomic E-state index is 12.1. The van der Waals surface area contributed by atoms with E-state index in [-0.39, 0.29) is 30.2 Å². The molecule has 0 fully saturated rings. The fourth-order valence-corrected chi connectivity index (χ4v) is 3.83. The van der Waals surface area contributed by atoms with E-state index in [1.165, 1.54) is 29.1 Å². The molecule has 0 aliphatic heterocycles. The van der Waals surface area contributed by atoms with Crippen LogP contribution in [0.15, 0.2) is 64.7 Å². The predicted octanol–water partition coefficient (Wildman–Crippen LogP) is 3.38. The number of carbonyl (C=O) groups is 1. The van der Waals surface area contributed by atoms with Gasteiger partial charge in [0.2, 0.25) is 0 Å². The Bertz CT molecular complexity index is 1160. The largest absolute Gasteiger partial charge is 0.449 e. The van der Waals surface area contributed by atoms with Crippen molar-refractivity contribution in [2.75, 3.05) is 19.4 Å². The molecule has 0 bridgehead atoms. The van der Waals surface area contributed by atoms with E-state index in [1.807, 2.05) is 30.5 Å². The van der Waals surface area contributed by atoms with Crippen molar-refractivity contribution < 1.29 is 9.53 Å².